The lowest BCUT2D eigenvalue weighted by atomic mass is 10.2. The van der Waals surface area contributed by atoms with Crippen LogP contribution in [0.15, 0.2) is 54.0 Å². The third-order valence-electron chi connectivity index (χ3n) is 4.32. The summed E-state index contributed by atoms with van der Waals surface area (Å²) < 4.78 is 16.4. The van der Waals surface area contributed by atoms with E-state index in [-0.39, 0.29) is 16.6 Å². The van der Waals surface area contributed by atoms with Crippen molar-refractivity contribution < 1.29 is 23.8 Å². The van der Waals surface area contributed by atoms with Crippen LogP contribution in [0, 0.1) is 0 Å². The van der Waals surface area contributed by atoms with Gasteiger partial charge in [0.25, 0.3) is 5.91 Å². The molecule has 1 aromatic carbocycles. The number of rotatable bonds is 6. The molecule has 0 radical (unpaired) electrons. The van der Waals surface area contributed by atoms with Crippen LogP contribution in [0.2, 0.25) is 5.15 Å². The molecule has 0 aliphatic carbocycles. The van der Waals surface area contributed by atoms with Crippen molar-refractivity contribution in [1.29, 1.82) is 0 Å². The Hall–Kier alpha value is -3.10. The maximum absolute atomic E-state index is 13.0. The summed E-state index contributed by atoms with van der Waals surface area (Å²) in [7, 11) is 0. The van der Waals surface area contributed by atoms with E-state index in [4.69, 9.17) is 25.8 Å². The van der Waals surface area contributed by atoms with E-state index < -0.39 is 12.6 Å². The Kier molecular flexibility index (Phi) is 6.15. The van der Waals surface area contributed by atoms with E-state index in [9.17, 15) is 9.59 Å². The molecule has 0 unspecified atom stereocenters. The normalized spacial score (nSPS) is 12.3. The zero-order valence-electron chi connectivity index (χ0n) is 15.7. The summed E-state index contributed by atoms with van der Waals surface area (Å²) in [4.78, 5) is 31.6. The first-order valence-corrected chi connectivity index (χ1v) is 10.4. The molecule has 0 bridgehead atoms. The number of fused-ring (bicyclic) bond motifs is 1. The lowest BCUT2D eigenvalue weighted by Gasteiger charge is -2.25. The summed E-state index contributed by atoms with van der Waals surface area (Å²) in [6.45, 7) is 0.860. The van der Waals surface area contributed by atoms with Gasteiger partial charge in [-0.3, -0.25) is 4.79 Å². The number of amides is 1. The van der Waals surface area contributed by atoms with Crippen LogP contribution in [-0.2, 0) is 16.1 Å². The van der Waals surface area contributed by atoms with Gasteiger partial charge in [0.05, 0.1) is 12.1 Å². The predicted molar refractivity (Wildman–Crippen MR) is 112 cm³/mol. The molecule has 0 N–H and O–H groups in total. The number of carbonyl (C=O) groups is 2. The summed E-state index contributed by atoms with van der Waals surface area (Å²) >= 11 is 7.27. The number of aromatic nitrogens is 1. The largest absolute Gasteiger partial charge is 0.486 e. The SMILES string of the molecule is O=C(OCC(=O)N(Cc1cccs1)c1ccc2c(c1)OCCO2)c1ccc(Cl)nc1. The second kappa shape index (κ2) is 9.15. The number of esters is 1. The van der Waals surface area contributed by atoms with Gasteiger partial charge in [-0.15, -0.1) is 11.3 Å². The second-order valence-electron chi connectivity index (χ2n) is 6.33. The van der Waals surface area contributed by atoms with Crippen LogP contribution in [0.4, 0.5) is 5.69 Å². The van der Waals surface area contributed by atoms with Gasteiger partial charge in [0, 0.05) is 22.8 Å². The Labute approximate surface area is 181 Å². The van der Waals surface area contributed by atoms with Gasteiger partial charge in [-0.2, -0.15) is 0 Å². The Morgan fingerprint density at radius 3 is 2.70 bits per heavy atom. The highest BCUT2D eigenvalue weighted by atomic mass is 35.5. The Balaban J connectivity index is 1.51. The molecule has 3 aromatic rings. The number of nitrogens with zero attached hydrogens (tertiary/aromatic N) is 2. The monoisotopic (exact) mass is 444 g/mol. The maximum atomic E-state index is 13.0. The van der Waals surface area contributed by atoms with E-state index in [1.54, 1.807) is 23.1 Å². The van der Waals surface area contributed by atoms with E-state index in [1.807, 2.05) is 17.5 Å². The molecular weight excluding hydrogens is 428 g/mol. The van der Waals surface area contributed by atoms with Crippen molar-refractivity contribution in [1.82, 2.24) is 4.98 Å². The van der Waals surface area contributed by atoms with E-state index in [2.05, 4.69) is 4.98 Å². The van der Waals surface area contributed by atoms with E-state index in [1.165, 1.54) is 29.7 Å². The standard InChI is InChI=1S/C21H17ClN2O5S/c22-19-6-3-14(11-23-19)21(26)29-13-20(25)24(12-16-2-1-9-30-16)15-4-5-17-18(10-15)28-8-7-27-17/h1-6,9-11H,7-8,12-13H2. The van der Waals surface area contributed by atoms with Crippen LogP contribution >= 0.6 is 22.9 Å². The minimum absolute atomic E-state index is 0.219. The third-order valence-corrected chi connectivity index (χ3v) is 5.41. The van der Waals surface area contributed by atoms with Gasteiger partial charge in [-0.25, -0.2) is 9.78 Å². The number of halogens is 1. The van der Waals surface area contributed by atoms with Crippen LogP contribution in [0.3, 0.4) is 0 Å². The first-order chi connectivity index (χ1) is 14.6. The van der Waals surface area contributed by atoms with E-state index in [0.29, 0.717) is 36.9 Å². The molecule has 30 heavy (non-hydrogen) atoms. The van der Waals surface area contributed by atoms with Crippen molar-refractivity contribution in [3.63, 3.8) is 0 Å². The summed E-state index contributed by atoms with van der Waals surface area (Å²) in [6, 6.07) is 12.1. The molecular formula is C21H17ClN2O5S. The number of ether oxygens (including phenoxy) is 3. The highest BCUT2D eigenvalue weighted by molar-refractivity contribution is 7.09. The summed E-state index contributed by atoms with van der Waals surface area (Å²) in [6.07, 6.45) is 1.30. The molecule has 1 aliphatic rings. The Morgan fingerprint density at radius 1 is 1.13 bits per heavy atom. The van der Waals surface area contributed by atoms with Gasteiger partial charge < -0.3 is 19.1 Å². The van der Waals surface area contributed by atoms with Gasteiger partial charge in [-0.05, 0) is 35.7 Å². The highest BCUT2D eigenvalue weighted by Gasteiger charge is 2.22. The first-order valence-electron chi connectivity index (χ1n) is 9.11. The molecule has 0 atom stereocenters. The molecule has 4 rings (SSSR count). The number of carbonyl (C=O) groups excluding carboxylic acids is 2. The third kappa shape index (κ3) is 4.72. The minimum Gasteiger partial charge on any atom is -0.486 e. The summed E-state index contributed by atoms with van der Waals surface area (Å²) in [5.41, 5.74) is 0.846. The van der Waals surface area contributed by atoms with Crippen LogP contribution in [0.5, 0.6) is 11.5 Å². The molecule has 7 nitrogen and oxygen atoms in total. The van der Waals surface area contributed by atoms with Crippen LogP contribution in [-0.4, -0.2) is 36.7 Å². The fraction of sp³-hybridized carbons (Fsp3) is 0.190. The lowest BCUT2D eigenvalue weighted by molar-refractivity contribution is -0.121. The predicted octanol–water partition coefficient (Wildman–Crippen LogP) is 3.96. The van der Waals surface area contributed by atoms with Crippen molar-refractivity contribution in [3.05, 3.63) is 69.6 Å². The number of hydrogen-bond donors (Lipinski definition) is 0. The Morgan fingerprint density at radius 2 is 1.97 bits per heavy atom. The molecule has 154 valence electrons. The quantitative estimate of drug-likeness (QED) is 0.423. The maximum Gasteiger partial charge on any atom is 0.340 e. The average Bonchev–Trinajstić information content (AvgIpc) is 3.29. The molecule has 2 aromatic heterocycles. The highest BCUT2D eigenvalue weighted by Crippen LogP contribution is 2.34. The molecule has 9 heteroatoms. The number of benzene rings is 1. The van der Waals surface area contributed by atoms with Gasteiger partial charge in [-0.1, -0.05) is 17.7 Å². The number of anilines is 1. The molecule has 0 spiro atoms. The fourth-order valence-electron chi connectivity index (χ4n) is 2.87. The Bertz CT molecular complexity index is 1040. The smallest absolute Gasteiger partial charge is 0.340 e. The molecule has 0 fully saturated rings. The molecule has 0 saturated heterocycles. The van der Waals surface area contributed by atoms with Gasteiger partial charge >= 0.3 is 5.97 Å². The fourth-order valence-corrected chi connectivity index (χ4v) is 3.67. The minimum atomic E-state index is -0.647. The first kappa shape index (κ1) is 20.2. The molecule has 1 amide bonds. The number of thiophene rings is 1. The zero-order chi connectivity index (χ0) is 20.9. The van der Waals surface area contributed by atoms with E-state index >= 15 is 0 Å². The van der Waals surface area contributed by atoms with Crippen molar-refractivity contribution in [2.75, 3.05) is 24.7 Å². The number of hydrogen-bond acceptors (Lipinski definition) is 7. The second-order valence-corrected chi connectivity index (χ2v) is 7.75. The van der Waals surface area contributed by atoms with Crippen LogP contribution in [0.1, 0.15) is 15.2 Å². The summed E-state index contributed by atoms with van der Waals surface area (Å²) in [5.74, 6) is 0.197. The topological polar surface area (TPSA) is 78.0 Å². The average molecular weight is 445 g/mol. The van der Waals surface area contributed by atoms with Crippen LogP contribution < -0.4 is 14.4 Å². The van der Waals surface area contributed by atoms with Crippen molar-refractivity contribution in [3.8, 4) is 11.5 Å². The summed E-state index contributed by atoms with van der Waals surface area (Å²) in [5, 5.41) is 2.21. The van der Waals surface area contributed by atoms with Crippen molar-refractivity contribution in [2.24, 2.45) is 0 Å². The van der Waals surface area contributed by atoms with Crippen molar-refractivity contribution >= 4 is 40.5 Å². The molecule has 0 saturated carbocycles. The zero-order valence-corrected chi connectivity index (χ0v) is 17.3. The van der Waals surface area contributed by atoms with E-state index in [0.717, 1.165) is 4.88 Å². The van der Waals surface area contributed by atoms with Crippen LogP contribution in [0.25, 0.3) is 0 Å². The molecule has 3 heterocycles. The number of pyridine rings is 1. The van der Waals surface area contributed by atoms with Crippen molar-refractivity contribution in [2.45, 2.75) is 6.54 Å². The molecule has 1 aliphatic heterocycles. The van der Waals surface area contributed by atoms with Gasteiger partial charge in [0.15, 0.2) is 18.1 Å². The van der Waals surface area contributed by atoms with Gasteiger partial charge in [0.1, 0.15) is 18.4 Å². The lowest BCUT2D eigenvalue weighted by Crippen LogP contribution is -2.34. The van der Waals surface area contributed by atoms with Gasteiger partial charge in [0.2, 0.25) is 0 Å².